The van der Waals surface area contributed by atoms with Gasteiger partial charge in [-0.3, -0.25) is 19.3 Å². The molecule has 4 amide bonds. The van der Waals surface area contributed by atoms with Gasteiger partial charge in [0.2, 0.25) is 0 Å². The summed E-state index contributed by atoms with van der Waals surface area (Å²) in [6, 6.07) is 6.28. The molecule has 1 aromatic carbocycles. The van der Waals surface area contributed by atoms with E-state index in [-0.39, 0.29) is 13.0 Å². The first-order valence-corrected chi connectivity index (χ1v) is 8.53. The summed E-state index contributed by atoms with van der Waals surface area (Å²) in [5.41, 5.74) is -0.696. The first kappa shape index (κ1) is 18.7. The maximum absolute atomic E-state index is 13.0. The molecule has 144 valence electrons. The number of esters is 1. The summed E-state index contributed by atoms with van der Waals surface area (Å²) in [5, 5.41) is 2.70. The Balaban J connectivity index is 1.76. The van der Waals surface area contributed by atoms with Crippen molar-refractivity contribution < 1.29 is 28.7 Å². The predicted molar refractivity (Wildman–Crippen MR) is 92.7 cm³/mol. The molecule has 2 aliphatic rings. The molecule has 1 spiro atoms. The molecule has 0 aliphatic carbocycles. The van der Waals surface area contributed by atoms with Crippen molar-refractivity contribution in [1.82, 2.24) is 15.1 Å². The number of nitrogens with zero attached hydrogens (tertiary/aromatic N) is 2. The van der Waals surface area contributed by atoms with Crippen LogP contribution in [0, 0.1) is 0 Å². The fourth-order valence-electron chi connectivity index (χ4n) is 3.29. The number of hydrogen-bond acceptors (Lipinski definition) is 6. The molecular weight excluding hydrogens is 354 g/mol. The van der Waals surface area contributed by atoms with Crippen LogP contribution in [-0.4, -0.2) is 67.0 Å². The molecule has 9 heteroatoms. The van der Waals surface area contributed by atoms with Crippen molar-refractivity contribution in [2.24, 2.45) is 0 Å². The minimum Gasteiger partial charge on any atom is -0.493 e. The maximum Gasteiger partial charge on any atom is 0.327 e. The lowest BCUT2D eigenvalue weighted by Crippen LogP contribution is -2.48. The quantitative estimate of drug-likeness (QED) is 0.597. The Hall–Kier alpha value is -3.10. The van der Waals surface area contributed by atoms with Crippen molar-refractivity contribution in [1.29, 1.82) is 0 Å². The van der Waals surface area contributed by atoms with E-state index in [0.29, 0.717) is 11.3 Å². The molecule has 0 radical (unpaired) electrons. The summed E-state index contributed by atoms with van der Waals surface area (Å²) in [4.78, 5) is 51.5. The molecule has 0 aromatic heterocycles. The second-order valence-electron chi connectivity index (χ2n) is 6.69. The Bertz CT molecular complexity index is 808. The average Bonchev–Trinajstić information content (AvgIpc) is 2.86. The number of carbonyl (C=O) groups is 4. The second kappa shape index (κ2) is 6.90. The number of amides is 4. The summed E-state index contributed by atoms with van der Waals surface area (Å²) in [6.45, 7) is 1.12. The van der Waals surface area contributed by atoms with Gasteiger partial charge in [-0.1, -0.05) is 18.2 Å². The number of rotatable bonds is 4. The Morgan fingerprint density at radius 2 is 2.04 bits per heavy atom. The van der Waals surface area contributed by atoms with Crippen LogP contribution in [0.5, 0.6) is 5.75 Å². The highest BCUT2D eigenvalue weighted by molar-refractivity contribution is 6.09. The summed E-state index contributed by atoms with van der Waals surface area (Å²) in [5.74, 6) is -1.24. The van der Waals surface area contributed by atoms with Crippen LogP contribution in [0.2, 0.25) is 0 Å². The van der Waals surface area contributed by atoms with Gasteiger partial charge in [-0.25, -0.2) is 4.79 Å². The molecule has 0 unspecified atom stereocenters. The largest absolute Gasteiger partial charge is 0.493 e. The number of imide groups is 1. The topological polar surface area (TPSA) is 105 Å². The predicted octanol–water partition coefficient (Wildman–Crippen LogP) is 0.236. The zero-order valence-corrected chi connectivity index (χ0v) is 15.4. The Kier molecular flexibility index (Phi) is 4.77. The van der Waals surface area contributed by atoms with Crippen LogP contribution >= 0.6 is 0 Å². The number of hydrogen-bond donors (Lipinski definition) is 1. The summed E-state index contributed by atoms with van der Waals surface area (Å²) in [7, 11) is 3.08. The van der Waals surface area contributed by atoms with Crippen molar-refractivity contribution in [3.63, 3.8) is 0 Å². The Morgan fingerprint density at radius 3 is 2.74 bits per heavy atom. The molecule has 2 heterocycles. The van der Waals surface area contributed by atoms with Crippen molar-refractivity contribution in [3.8, 4) is 5.75 Å². The Labute approximate surface area is 156 Å². The highest BCUT2D eigenvalue weighted by Gasteiger charge is 2.55. The fourth-order valence-corrected chi connectivity index (χ4v) is 3.29. The van der Waals surface area contributed by atoms with Gasteiger partial charge >= 0.3 is 12.0 Å². The fraction of sp³-hybridized carbons (Fsp3) is 0.444. The van der Waals surface area contributed by atoms with E-state index < -0.39 is 42.0 Å². The maximum atomic E-state index is 13.0. The highest BCUT2D eigenvalue weighted by Crippen LogP contribution is 2.40. The standard InChI is InChI=1S/C18H21N3O6/c1-11(15(23)20(2)3)27-14(22)10-21-16(24)18(19-17(21)25)8-9-26-13-7-5-4-6-12(13)18/h4-7,11H,8-10H2,1-3H3,(H,19,25)/t11-,18-/m0/s1. The van der Waals surface area contributed by atoms with Crippen LogP contribution in [0.4, 0.5) is 4.79 Å². The smallest absolute Gasteiger partial charge is 0.327 e. The summed E-state index contributed by atoms with van der Waals surface area (Å²) < 4.78 is 10.6. The van der Waals surface area contributed by atoms with E-state index in [0.717, 1.165) is 4.90 Å². The lowest BCUT2D eigenvalue weighted by Gasteiger charge is -2.33. The molecule has 3 rings (SSSR count). The summed E-state index contributed by atoms with van der Waals surface area (Å²) in [6.07, 6.45) is -0.749. The van der Waals surface area contributed by atoms with Crippen LogP contribution in [0.1, 0.15) is 18.9 Å². The van der Waals surface area contributed by atoms with Crippen LogP contribution in [-0.2, 0) is 24.7 Å². The van der Waals surface area contributed by atoms with E-state index in [4.69, 9.17) is 9.47 Å². The molecule has 9 nitrogen and oxygen atoms in total. The molecular formula is C18H21N3O6. The third kappa shape index (κ3) is 3.20. The second-order valence-corrected chi connectivity index (χ2v) is 6.69. The lowest BCUT2D eigenvalue weighted by atomic mass is 9.84. The zero-order chi connectivity index (χ0) is 19.8. The molecule has 1 aromatic rings. The van der Waals surface area contributed by atoms with Gasteiger partial charge in [0.1, 0.15) is 12.3 Å². The van der Waals surface area contributed by atoms with Gasteiger partial charge in [0, 0.05) is 26.1 Å². The minimum atomic E-state index is -1.25. The third-order valence-electron chi connectivity index (χ3n) is 4.64. The summed E-state index contributed by atoms with van der Waals surface area (Å²) >= 11 is 0. The number of likely N-dealkylation sites (N-methyl/N-ethyl adjacent to an activating group) is 1. The van der Waals surface area contributed by atoms with Gasteiger partial charge in [-0.15, -0.1) is 0 Å². The van der Waals surface area contributed by atoms with Gasteiger partial charge in [-0.05, 0) is 13.0 Å². The van der Waals surface area contributed by atoms with Gasteiger partial charge in [-0.2, -0.15) is 0 Å². The van der Waals surface area contributed by atoms with Crippen LogP contribution < -0.4 is 10.1 Å². The van der Waals surface area contributed by atoms with E-state index in [1.165, 1.54) is 25.9 Å². The van der Waals surface area contributed by atoms with E-state index in [2.05, 4.69) is 5.32 Å². The van der Waals surface area contributed by atoms with Crippen molar-refractivity contribution in [3.05, 3.63) is 29.8 Å². The number of benzene rings is 1. The molecule has 1 saturated heterocycles. The van der Waals surface area contributed by atoms with E-state index in [1.807, 2.05) is 0 Å². The van der Waals surface area contributed by atoms with Gasteiger partial charge < -0.3 is 19.7 Å². The van der Waals surface area contributed by atoms with Crippen LogP contribution in [0.3, 0.4) is 0 Å². The lowest BCUT2D eigenvalue weighted by molar-refractivity contribution is -0.159. The third-order valence-corrected chi connectivity index (χ3v) is 4.64. The number of ether oxygens (including phenoxy) is 2. The van der Waals surface area contributed by atoms with E-state index >= 15 is 0 Å². The van der Waals surface area contributed by atoms with Gasteiger partial charge in [0.15, 0.2) is 11.6 Å². The molecule has 2 aliphatic heterocycles. The van der Waals surface area contributed by atoms with E-state index in [1.54, 1.807) is 24.3 Å². The Morgan fingerprint density at radius 1 is 1.33 bits per heavy atom. The van der Waals surface area contributed by atoms with Gasteiger partial charge in [0.05, 0.1) is 6.61 Å². The molecule has 27 heavy (non-hydrogen) atoms. The number of fused-ring (bicyclic) bond motifs is 2. The SMILES string of the molecule is C[C@H](OC(=O)CN1C(=O)N[C@]2(CCOc3ccccc32)C1=O)C(=O)N(C)C. The molecule has 1 N–H and O–H groups in total. The first-order chi connectivity index (χ1) is 12.8. The number of urea groups is 1. The molecule has 2 atom stereocenters. The zero-order valence-electron chi connectivity index (χ0n) is 15.4. The number of carbonyl (C=O) groups excluding carboxylic acids is 4. The first-order valence-electron chi connectivity index (χ1n) is 8.53. The minimum absolute atomic E-state index is 0.260. The van der Waals surface area contributed by atoms with Crippen molar-refractivity contribution >= 4 is 23.8 Å². The number of para-hydroxylation sites is 1. The normalized spacial score (nSPS) is 22.0. The average molecular weight is 375 g/mol. The molecule has 1 fully saturated rings. The van der Waals surface area contributed by atoms with Crippen LogP contribution in [0.15, 0.2) is 24.3 Å². The monoisotopic (exact) mass is 375 g/mol. The van der Waals surface area contributed by atoms with Crippen LogP contribution in [0.25, 0.3) is 0 Å². The molecule has 0 saturated carbocycles. The highest BCUT2D eigenvalue weighted by atomic mass is 16.5. The van der Waals surface area contributed by atoms with Gasteiger partial charge in [0.25, 0.3) is 11.8 Å². The van der Waals surface area contributed by atoms with E-state index in [9.17, 15) is 19.2 Å². The van der Waals surface area contributed by atoms with Crippen molar-refractivity contribution in [2.75, 3.05) is 27.2 Å². The number of nitrogens with one attached hydrogen (secondary N) is 1. The van der Waals surface area contributed by atoms with Crippen molar-refractivity contribution in [2.45, 2.75) is 25.0 Å². The molecule has 0 bridgehead atoms.